The highest BCUT2D eigenvalue weighted by Gasteiger charge is 2.12. The fourth-order valence-corrected chi connectivity index (χ4v) is 1.93. The van der Waals surface area contributed by atoms with Crippen molar-refractivity contribution >= 4 is 15.9 Å². The Labute approximate surface area is 112 Å². The molecule has 0 radical (unpaired) electrons. The van der Waals surface area contributed by atoms with Gasteiger partial charge in [-0.2, -0.15) is 0 Å². The Morgan fingerprint density at radius 2 is 1.94 bits per heavy atom. The van der Waals surface area contributed by atoms with Gasteiger partial charge in [0.05, 0.1) is 4.47 Å². The van der Waals surface area contributed by atoms with Crippen LogP contribution in [-0.2, 0) is 6.54 Å². The van der Waals surface area contributed by atoms with Crippen LogP contribution in [0.25, 0.3) is 0 Å². The topological polar surface area (TPSA) is 35.2 Å². The van der Waals surface area contributed by atoms with Gasteiger partial charge in [-0.25, -0.2) is 8.78 Å². The molecule has 0 heterocycles. The molecule has 0 spiro atoms. The maximum atomic E-state index is 13.7. The van der Waals surface area contributed by atoms with Crippen LogP contribution in [0.15, 0.2) is 40.9 Å². The lowest BCUT2D eigenvalue weighted by Gasteiger charge is -2.12. The molecule has 2 N–H and O–H groups in total. The second kappa shape index (κ2) is 5.46. The Hall–Kier alpha value is -1.46. The molecule has 94 valence electrons. The average Bonchev–Trinajstić information content (AvgIpc) is 2.34. The van der Waals surface area contributed by atoms with Gasteiger partial charge in [-0.15, -0.1) is 0 Å². The molecule has 0 fully saturated rings. The number of rotatable bonds is 3. The van der Waals surface area contributed by atoms with Crippen LogP contribution in [0.1, 0.15) is 5.56 Å². The van der Waals surface area contributed by atoms with E-state index in [4.69, 9.17) is 10.5 Å². The Morgan fingerprint density at radius 1 is 1.17 bits per heavy atom. The number of halogens is 3. The highest BCUT2D eigenvalue weighted by atomic mass is 79.9. The smallest absolute Gasteiger partial charge is 0.167 e. The molecule has 0 amide bonds. The van der Waals surface area contributed by atoms with Crippen LogP contribution in [0.3, 0.4) is 0 Å². The van der Waals surface area contributed by atoms with Crippen molar-refractivity contribution in [3.63, 3.8) is 0 Å². The van der Waals surface area contributed by atoms with Crippen LogP contribution >= 0.6 is 15.9 Å². The van der Waals surface area contributed by atoms with E-state index in [1.807, 2.05) is 0 Å². The van der Waals surface area contributed by atoms with Crippen molar-refractivity contribution in [2.24, 2.45) is 5.73 Å². The van der Waals surface area contributed by atoms with Crippen molar-refractivity contribution < 1.29 is 13.5 Å². The number of hydrogen-bond donors (Lipinski definition) is 1. The summed E-state index contributed by atoms with van der Waals surface area (Å²) in [6.07, 6.45) is 0. The number of hydrogen-bond acceptors (Lipinski definition) is 2. The SMILES string of the molecule is NCc1cccc(F)c1Oc1ccc(F)cc1Br. The molecule has 0 bridgehead atoms. The molecular weight excluding hydrogens is 304 g/mol. The normalized spacial score (nSPS) is 10.4. The summed E-state index contributed by atoms with van der Waals surface area (Å²) >= 11 is 3.16. The first-order valence-electron chi connectivity index (χ1n) is 5.22. The van der Waals surface area contributed by atoms with Gasteiger partial charge in [0.2, 0.25) is 0 Å². The minimum absolute atomic E-state index is 0.0623. The lowest BCUT2D eigenvalue weighted by molar-refractivity contribution is 0.433. The highest BCUT2D eigenvalue weighted by molar-refractivity contribution is 9.10. The fourth-order valence-electron chi connectivity index (χ4n) is 1.50. The molecular formula is C13H10BrF2NO. The van der Waals surface area contributed by atoms with Crippen LogP contribution in [0, 0.1) is 11.6 Å². The molecule has 2 rings (SSSR count). The maximum absolute atomic E-state index is 13.7. The predicted molar refractivity (Wildman–Crippen MR) is 68.5 cm³/mol. The van der Waals surface area contributed by atoms with E-state index in [1.54, 1.807) is 12.1 Å². The second-order valence-electron chi connectivity index (χ2n) is 3.61. The van der Waals surface area contributed by atoms with Gasteiger partial charge in [0.1, 0.15) is 11.6 Å². The van der Waals surface area contributed by atoms with Crippen molar-refractivity contribution in [2.75, 3.05) is 0 Å². The van der Waals surface area contributed by atoms with Crippen molar-refractivity contribution in [1.29, 1.82) is 0 Å². The van der Waals surface area contributed by atoms with Crippen LogP contribution < -0.4 is 10.5 Å². The third-order valence-electron chi connectivity index (χ3n) is 2.37. The molecule has 0 aliphatic heterocycles. The summed E-state index contributed by atoms with van der Waals surface area (Å²) in [5.74, 6) is -0.514. The van der Waals surface area contributed by atoms with Gasteiger partial charge >= 0.3 is 0 Å². The monoisotopic (exact) mass is 313 g/mol. The molecule has 18 heavy (non-hydrogen) atoms. The van der Waals surface area contributed by atoms with Gasteiger partial charge < -0.3 is 10.5 Å². The highest BCUT2D eigenvalue weighted by Crippen LogP contribution is 2.33. The van der Waals surface area contributed by atoms with E-state index in [9.17, 15) is 8.78 Å². The van der Waals surface area contributed by atoms with E-state index in [0.29, 0.717) is 15.8 Å². The molecule has 0 saturated carbocycles. The number of para-hydroxylation sites is 1. The lowest BCUT2D eigenvalue weighted by atomic mass is 10.2. The Balaban J connectivity index is 2.39. The Morgan fingerprint density at radius 3 is 2.61 bits per heavy atom. The molecule has 0 aliphatic carbocycles. The molecule has 0 unspecified atom stereocenters. The maximum Gasteiger partial charge on any atom is 0.167 e. The van der Waals surface area contributed by atoms with E-state index in [-0.39, 0.29) is 12.3 Å². The number of benzene rings is 2. The largest absolute Gasteiger partial charge is 0.453 e. The van der Waals surface area contributed by atoms with E-state index >= 15 is 0 Å². The van der Waals surface area contributed by atoms with Crippen molar-refractivity contribution in [1.82, 2.24) is 0 Å². The summed E-state index contributed by atoms with van der Waals surface area (Å²) in [5, 5.41) is 0. The van der Waals surface area contributed by atoms with Crippen LogP contribution in [-0.4, -0.2) is 0 Å². The average molecular weight is 314 g/mol. The minimum Gasteiger partial charge on any atom is -0.453 e. The van der Waals surface area contributed by atoms with Gasteiger partial charge in [-0.1, -0.05) is 12.1 Å². The molecule has 5 heteroatoms. The third-order valence-corrected chi connectivity index (χ3v) is 2.99. The summed E-state index contributed by atoms with van der Waals surface area (Å²) in [5.41, 5.74) is 6.06. The van der Waals surface area contributed by atoms with Gasteiger partial charge in [0.15, 0.2) is 11.6 Å². The molecule has 0 saturated heterocycles. The fraction of sp³-hybridized carbons (Fsp3) is 0.0769. The predicted octanol–water partition coefficient (Wildman–Crippen LogP) is 3.98. The number of ether oxygens (including phenoxy) is 1. The minimum atomic E-state index is -0.505. The quantitative estimate of drug-likeness (QED) is 0.930. The van der Waals surface area contributed by atoms with Crippen LogP contribution in [0.5, 0.6) is 11.5 Å². The van der Waals surface area contributed by atoms with Crippen molar-refractivity contribution in [3.05, 3.63) is 58.1 Å². The number of nitrogens with two attached hydrogens (primary N) is 1. The van der Waals surface area contributed by atoms with Crippen molar-refractivity contribution in [2.45, 2.75) is 6.54 Å². The molecule has 2 aromatic rings. The van der Waals surface area contributed by atoms with E-state index in [2.05, 4.69) is 15.9 Å². The summed E-state index contributed by atoms with van der Waals surface area (Å²) in [4.78, 5) is 0. The van der Waals surface area contributed by atoms with Crippen molar-refractivity contribution in [3.8, 4) is 11.5 Å². The standard InChI is InChI=1S/C13H10BrF2NO/c14-10-6-9(15)4-5-12(10)18-13-8(7-17)2-1-3-11(13)16/h1-6H,7,17H2. The lowest BCUT2D eigenvalue weighted by Crippen LogP contribution is -2.01. The first-order chi connectivity index (χ1) is 8.61. The molecule has 0 aromatic heterocycles. The second-order valence-corrected chi connectivity index (χ2v) is 4.46. The summed E-state index contributed by atoms with van der Waals surface area (Å²) in [7, 11) is 0. The third kappa shape index (κ3) is 2.68. The first kappa shape index (κ1) is 13.0. The summed E-state index contributed by atoms with van der Waals surface area (Å²) < 4.78 is 32.5. The van der Waals surface area contributed by atoms with Gasteiger partial charge in [0, 0.05) is 12.1 Å². The van der Waals surface area contributed by atoms with Crippen LogP contribution in [0.4, 0.5) is 8.78 Å². The van der Waals surface area contributed by atoms with Gasteiger partial charge in [-0.3, -0.25) is 0 Å². The zero-order valence-corrected chi connectivity index (χ0v) is 10.9. The van der Waals surface area contributed by atoms with E-state index in [0.717, 1.165) is 0 Å². The Kier molecular flexibility index (Phi) is 3.93. The van der Waals surface area contributed by atoms with Crippen LogP contribution in [0.2, 0.25) is 0 Å². The molecule has 2 nitrogen and oxygen atoms in total. The molecule has 0 atom stereocenters. The summed E-state index contributed by atoms with van der Waals surface area (Å²) in [6.45, 7) is 0.159. The molecule has 2 aromatic carbocycles. The van der Waals surface area contributed by atoms with E-state index in [1.165, 1.54) is 24.3 Å². The first-order valence-corrected chi connectivity index (χ1v) is 6.01. The van der Waals surface area contributed by atoms with E-state index < -0.39 is 11.6 Å². The molecule has 0 aliphatic rings. The van der Waals surface area contributed by atoms with Gasteiger partial charge in [-0.05, 0) is 40.2 Å². The summed E-state index contributed by atoms with van der Waals surface area (Å²) in [6, 6.07) is 8.43. The van der Waals surface area contributed by atoms with Gasteiger partial charge in [0.25, 0.3) is 0 Å². The zero-order valence-electron chi connectivity index (χ0n) is 9.29. The Bertz CT molecular complexity index is 575. The zero-order chi connectivity index (χ0) is 13.1.